The number of carbonyl (C=O) groups excluding carboxylic acids is 1. The van der Waals surface area contributed by atoms with E-state index in [2.05, 4.69) is 31.4 Å². The minimum absolute atomic E-state index is 0.0323. The van der Waals surface area contributed by atoms with Crippen molar-refractivity contribution in [1.29, 1.82) is 0 Å². The molecule has 1 aliphatic carbocycles. The van der Waals surface area contributed by atoms with Gasteiger partial charge in [-0.2, -0.15) is 0 Å². The van der Waals surface area contributed by atoms with Crippen LogP contribution in [0.15, 0.2) is 24.3 Å². The first-order valence-corrected chi connectivity index (χ1v) is 7.49. The molecule has 0 aromatic heterocycles. The van der Waals surface area contributed by atoms with E-state index in [0.29, 0.717) is 11.3 Å². The number of rotatable bonds is 3. The molecule has 1 amide bonds. The lowest BCUT2D eigenvalue weighted by molar-refractivity contribution is 0.0875. The van der Waals surface area contributed by atoms with Crippen LogP contribution in [0, 0.1) is 11.3 Å². The maximum atomic E-state index is 12.5. The van der Waals surface area contributed by atoms with Gasteiger partial charge in [0.1, 0.15) is 0 Å². The molecule has 0 heterocycles. The number of para-hydroxylation sites is 1. The third kappa shape index (κ3) is 3.53. The number of benzene rings is 1. The molecule has 110 valence electrons. The van der Waals surface area contributed by atoms with Crippen molar-refractivity contribution >= 4 is 11.6 Å². The Bertz CT molecular complexity index is 482. The minimum Gasteiger partial charge on any atom is -0.387 e. The highest BCUT2D eigenvalue weighted by atomic mass is 16.1. The molecule has 3 nitrogen and oxygen atoms in total. The van der Waals surface area contributed by atoms with Gasteiger partial charge in [0.05, 0.1) is 5.56 Å². The standard InChI is InChI=1S/C17H26N2O/c1-12-9-13(11-17(2,3)10-12)19-16(20)14-7-5-6-8-15(14)18-4/h5-8,12-13,18H,9-11H2,1-4H3,(H,19,20)/t12-,13-/m0/s1. The van der Waals surface area contributed by atoms with Crippen molar-refractivity contribution in [2.45, 2.75) is 46.1 Å². The van der Waals surface area contributed by atoms with Gasteiger partial charge >= 0.3 is 0 Å². The lowest BCUT2D eigenvalue weighted by Gasteiger charge is -2.39. The normalized spacial score (nSPS) is 25.0. The van der Waals surface area contributed by atoms with Crippen molar-refractivity contribution in [2.75, 3.05) is 12.4 Å². The van der Waals surface area contributed by atoms with Gasteiger partial charge in [-0.3, -0.25) is 4.79 Å². The number of anilines is 1. The van der Waals surface area contributed by atoms with Gasteiger partial charge in [0.2, 0.25) is 0 Å². The number of hydrogen-bond acceptors (Lipinski definition) is 2. The molecule has 0 bridgehead atoms. The van der Waals surface area contributed by atoms with Crippen LogP contribution in [0.25, 0.3) is 0 Å². The quantitative estimate of drug-likeness (QED) is 0.883. The summed E-state index contributed by atoms with van der Waals surface area (Å²) in [6, 6.07) is 7.93. The monoisotopic (exact) mass is 274 g/mol. The third-order valence-electron chi connectivity index (χ3n) is 4.16. The van der Waals surface area contributed by atoms with Gasteiger partial charge in [-0.1, -0.05) is 32.9 Å². The second kappa shape index (κ2) is 5.86. The molecule has 0 spiro atoms. The lowest BCUT2D eigenvalue weighted by atomic mass is 9.70. The number of nitrogens with one attached hydrogen (secondary N) is 2. The number of carbonyl (C=O) groups is 1. The maximum Gasteiger partial charge on any atom is 0.253 e. The van der Waals surface area contributed by atoms with Crippen molar-refractivity contribution in [3.8, 4) is 0 Å². The predicted octanol–water partition coefficient (Wildman–Crippen LogP) is 3.67. The van der Waals surface area contributed by atoms with E-state index < -0.39 is 0 Å². The Labute approximate surface area is 122 Å². The van der Waals surface area contributed by atoms with Crippen molar-refractivity contribution in [3.05, 3.63) is 29.8 Å². The topological polar surface area (TPSA) is 41.1 Å². The first-order valence-electron chi connectivity index (χ1n) is 7.49. The molecule has 2 rings (SSSR count). The summed E-state index contributed by atoms with van der Waals surface area (Å²) in [4.78, 5) is 12.5. The molecule has 1 aromatic carbocycles. The Hall–Kier alpha value is -1.51. The van der Waals surface area contributed by atoms with Crippen LogP contribution in [0.3, 0.4) is 0 Å². The first-order chi connectivity index (χ1) is 9.41. The Morgan fingerprint density at radius 1 is 1.25 bits per heavy atom. The highest BCUT2D eigenvalue weighted by Crippen LogP contribution is 2.38. The SMILES string of the molecule is CNc1ccccc1C(=O)N[C@H]1C[C@H](C)CC(C)(C)C1. The highest BCUT2D eigenvalue weighted by molar-refractivity contribution is 5.99. The molecule has 20 heavy (non-hydrogen) atoms. The fourth-order valence-corrected chi connectivity index (χ4v) is 3.62. The van der Waals surface area contributed by atoms with E-state index in [4.69, 9.17) is 0 Å². The van der Waals surface area contributed by atoms with E-state index in [-0.39, 0.29) is 11.9 Å². The maximum absolute atomic E-state index is 12.5. The van der Waals surface area contributed by atoms with Crippen LogP contribution in [0.4, 0.5) is 5.69 Å². The van der Waals surface area contributed by atoms with Crippen LogP contribution in [0.2, 0.25) is 0 Å². The summed E-state index contributed by atoms with van der Waals surface area (Å²) in [5.74, 6) is 0.702. The summed E-state index contributed by atoms with van der Waals surface area (Å²) in [5, 5.41) is 6.29. The zero-order valence-corrected chi connectivity index (χ0v) is 13.0. The molecule has 3 heteroatoms. The Kier molecular flexibility index (Phi) is 4.36. The lowest BCUT2D eigenvalue weighted by Crippen LogP contribution is -2.43. The summed E-state index contributed by atoms with van der Waals surface area (Å²) in [6.45, 7) is 6.87. The smallest absolute Gasteiger partial charge is 0.253 e. The Morgan fingerprint density at radius 2 is 1.95 bits per heavy atom. The zero-order valence-electron chi connectivity index (χ0n) is 13.0. The van der Waals surface area contributed by atoms with Gasteiger partial charge in [-0.15, -0.1) is 0 Å². The predicted molar refractivity (Wildman–Crippen MR) is 84.0 cm³/mol. The van der Waals surface area contributed by atoms with Gasteiger partial charge in [0.15, 0.2) is 0 Å². The van der Waals surface area contributed by atoms with E-state index in [0.717, 1.165) is 24.1 Å². The van der Waals surface area contributed by atoms with Crippen molar-refractivity contribution in [3.63, 3.8) is 0 Å². The molecule has 0 aliphatic heterocycles. The summed E-state index contributed by atoms with van der Waals surface area (Å²) in [5.41, 5.74) is 1.93. The van der Waals surface area contributed by atoms with Crippen LogP contribution >= 0.6 is 0 Å². The van der Waals surface area contributed by atoms with Crippen LogP contribution < -0.4 is 10.6 Å². The van der Waals surface area contributed by atoms with Crippen LogP contribution in [-0.2, 0) is 0 Å². The molecule has 1 saturated carbocycles. The summed E-state index contributed by atoms with van der Waals surface area (Å²) in [7, 11) is 1.85. The van der Waals surface area contributed by atoms with E-state index in [1.807, 2.05) is 31.3 Å². The Morgan fingerprint density at radius 3 is 2.60 bits per heavy atom. The molecule has 0 saturated heterocycles. The van der Waals surface area contributed by atoms with Gasteiger partial charge in [-0.25, -0.2) is 0 Å². The average molecular weight is 274 g/mol. The van der Waals surface area contributed by atoms with Crippen molar-refractivity contribution in [1.82, 2.24) is 5.32 Å². The van der Waals surface area contributed by atoms with Crippen LogP contribution in [0.5, 0.6) is 0 Å². The minimum atomic E-state index is 0.0323. The zero-order chi connectivity index (χ0) is 14.8. The molecular weight excluding hydrogens is 248 g/mol. The summed E-state index contributed by atoms with van der Waals surface area (Å²) >= 11 is 0. The molecule has 0 unspecified atom stereocenters. The third-order valence-corrected chi connectivity index (χ3v) is 4.16. The summed E-state index contributed by atoms with van der Waals surface area (Å²) < 4.78 is 0. The van der Waals surface area contributed by atoms with E-state index in [9.17, 15) is 4.79 Å². The molecular formula is C17H26N2O. The van der Waals surface area contributed by atoms with Gasteiger partial charge in [-0.05, 0) is 42.7 Å². The molecule has 0 radical (unpaired) electrons. The first kappa shape index (κ1) is 14.9. The van der Waals surface area contributed by atoms with Crippen LogP contribution in [-0.4, -0.2) is 19.0 Å². The molecule has 2 N–H and O–H groups in total. The van der Waals surface area contributed by atoms with Crippen molar-refractivity contribution in [2.24, 2.45) is 11.3 Å². The number of hydrogen-bond donors (Lipinski definition) is 2. The van der Waals surface area contributed by atoms with Gasteiger partial charge in [0, 0.05) is 18.8 Å². The number of amides is 1. The largest absolute Gasteiger partial charge is 0.387 e. The second-order valence-electron chi connectivity index (χ2n) is 6.88. The van der Waals surface area contributed by atoms with E-state index in [1.165, 1.54) is 6.42 Å². The molecule has 1 aromatic rings. The fourth-order valence-electron chi connectivity index (χ4n) is 3.62. The fraction of sp³-hybridized carbons (Fsp3) is 0.588. The van der Waals surface area contributed by atoms with E-state index >= 15 is 0 Å². The van der Waals surface area contributed by atoms with Gasteiger partial charge in [0.25, 0.3) is 5.91 Å². The second-order valence-corrected chi connectivity index (χ2v) is 6.88. The summed E-state index contributed by atoms with van der Waals surface area (Å²) in [6.07, 6.45) is 3.38. The Balaban J connectivity index is 2.08. The average Bonchev–Trinajstić information content (AvgIpc) is 2.36. The van der Waals surface area contributed by atoms with Gasteiger partial charge < -0.3 is 10.6 Å². The molecule has 2 atom stereocenters. The molecule has 1 aliphatic rings. The van der Waals surface area contributed by atoms with Crippen LogP contribution in [0.1, 0.15) is 50.4 Å². The highest BCUT2D eigenvalue weighted by Gasteiger charge is 2.32. The molecule has 1 fully saturated rings. The van der Waals surface area contributed by atoms with Crippen molar-refractivity contribution < 1.29 is 4.79 Å². The van der Waals surface area contributed by atoms with E-state index in [1.54, 1.807) is 0 Å².